The molecule has 0 bridgehead atoms. The summed E-state index contributed by atoms with van der Waals surface area (Å²) in [6, 6.07) is 0. The van der Waals surface area contributed by atoms with Crippen molar-refractivity contribution in [2.75, 3.05) is 33.0 Å². The lowest BCUT2D eigenvalue weighted by Crippen LogP contribution is -2.28. The SMILES string of the molecule is CC/C=C\C/C=C\C/C=C\C/C=C\C/C=C\CCCCCCCCCCCC(=O)OC(COCCCCCCCCCCCC)COP(=O)(O)OCCN. The summed E-state index contributed by atoms with van der Waals surface area (Å²) in [7, 11) is -4.27. The van der Waals surface area contributed by atoms with Crippen LogP contribution < -0.4 is 5.73 Å². The summed E-state index contributed by atoms with van der Waals surface area (Å²) >= 11 is 0. The third kappa shape index (κ3) is 41.4. The Kier molecular flexibility index (Phi) is 40.9. The van der Waals surface area contributed by atoms with Crippen molar-refractivity contribution in [2.45, 2.75) is 187 Å². The van der Waals surface area contributed by atoms with E-state index in [9.17, 15) is 14.3 Å². The van der Waals surface area contributed by atoms with E-state index in [0.29, 0.717) is 13.0 Å². The van der Waals surface area contributed by atoms with Gasteiger partial charge in [0, 0.05) is 19.6 Å². The van der Waals surface area contributed by atoms with Crippen LogP contribution in [-0.4, -0.2) is 49.9 Å². The first-order chi connectivity index (χ1) is 26.4. The molecule has 0 aromatic rings. The largest absolute Gasteiger partial charge is 0.472 e. The van der Waals surface area contributed by atoms with Crippen LogP contribution in [0.25, 0.3) is 0 Å². The Hall–Kier alpha value is -1.80. The molecule has 0 amide bonds. The molecule has 0 aliphatic rings. The van der Waals surface area contributed by atoms with Gasteiger partial charge in [0.05, 0.1) is 19.8 Å². The molecule has 0 spiro atoms. The van der Waals surface area contributed by atoms with Crippen molar-refractivity contribution >= 4 is 13.8 Å². The minimum absolute atomic E-state index is 0.0979. The first kappa shape index (κ1) is 52.2. The maximum atomic E-state index is 12.6. The first-order valence-electron chi connectivity index (χ1n) is 21.8. The lowest BCUT2D eigenvalue weighted by atomic mass is 10.1. The number of allylic oxidation sites excluding steroid dienone is 10. The molecule has 0 saturated heterocycles. The minimum Gasteiger partial charge on any atom is -0.457 e. The lowest BCUT2D eigenvalue weighted by Gasteiger charge is -2.20. The van der Waals surface area contributed by atoms with Gasteiger partial charge in [-0.15, -0.1) is 0 Å². The predicted molar refractivity (Wildman–Crippen MR) is 229 cm³/mol. The molecule has 314 valence electrons. The van der Waals surface area contributed by atoms with Crippen LogP contribution in [0.2, 0.25) is 0 Å². The van der Waals surface area contributed by atoms with Crippen LogP contribution in [0.5, 0.6) is 0 Å². The van der Waals surface area contributed by atoms with Crippen molar-refractivity contribution in [2.24, 2.45) is 5.73 Å². The van der Waals surface area contributed by atoms with E-state index in [1.165, 1.54) is 89.9 Å². The molecule has 0 radical (unpaired) electrons. The summed E-state index contributed by atoms with van der Waals surface area (Å²) in [6.07, 6.45) is 51.0. The normalized spacial score (nSPS) is 14.1. The Morgan fingerprint density at radius 2 is 1.04 bits per heavy atom. The molecule has 9 heteroatoms. The van der Waals surface area contributed by atoms with Gasteiger partial charge in [-0.25, -0.2) is 4.57 Å². The van der Waals surface area contributed by atoms with Crippen LogP contribution in [0.3, 0.4) is 0 Å². The van der Waals surface area contributed by atoms with E-state index in [1.54, 1.807) is 0 Å². The van der Waals surface area contributed by atoms with Crippen LogP contribution >= 0.6 is 7.82 Å². The van der Waals surface area contributed by atoms with Crippen molar-refractivity contribution in [3.8, 4) is 0 Å². The second-order valence-electron chi connectivity index (χ2n) is 14.2. The van der Waals surface area contributed by atoms with Crippen LogP contribution in [-0.2, 0) is 27.9 Å². The predicted octanol–water partition coefficient (Wildman–Crippen LogP) is 13.0. The molecular weight excluding hydrogens is 697 g/mol. The minimum atomic E-state index is -4.27. The summed E-state index contributed by atoms with van der Waals surface area (Å²) < 4.78 is 33.3. The molecule has 0 rings (SSSR count). The molecule has 0 aromatic carbocycles. The van der Waals surface area contributed by atoms with Crippen molar-refractivity contribution in [1.82, 2.24) is 0 Å². The van der Waals surface area contributed by atoms with E-state index in [-0.39, 0.29) is 32.3 Å². The molecule has 0 aliphatic carbocycles. The van der Waals surface area contributed by atoms with E-state index < -0.39 is 13.9 Å². The van der Waals surface area contributed by atoms with Crippen molar-refractivity contribution in [3.05, 3.63) is 60.8 Å². The van der Waals surface area contributed by atoms with E-state index >= 15 is 0 Å². The van der Waals surface area contributed by atoms with Crippen LogP contribution in [0.15, 0.2) is 60.8 Å². The molecule has 0 saturated carbocycles. The summed E-state index contributed by atoms with van der Waals surface area (Å²) in [4.78, 5) is 22.4. The Bertz CT molecular complexity index is 1010. The lowest BCUT2D eigenvalue weighted by molar-refractivity contribution is -0.154. The molecule has 0 heterocycles. The quantitative estimate of drug-likeness (QED) is 0.0273. The van der Waals surface area contributed by atoms with Crippen LogP contribution in [0, 0.1) is 0 Å². The van der Waals surface area contributed by atoms with Crippen LogP contribution in [0.4, 0.5) is 0 Å². The number of esters is 1. The zero-order valence-electron chi connectivity index (χ0n) is 34.7. The average molecular weight is 780 g/mol. The molecule has 3 N–H and O–H groups in total. The number of hydrogen-bond donors (Lipinski definition) is 2. The molecule has 2 atom stereocenters. The summed E-state index contributed by atoms with van der Waals surface area (Å²) in [5.74, 6) is -0.339. The number of phosphoric ester groups is 1. The van der Waals surface area contributed by atoms with Gasteiger partial charge in [-0.1, -0.05) is 177 Å². The Morgan fingerprint density at radius 3 is 1.56 bits per heavy atom. The Morgan fingerprint density at radius 1 is 0.574 bits per heavy atom. The van der Waals surface area contributed by atoms with Crippen molar-refractivity contribution in [3.63, 3.8) is 0 Å². The van der Waals surface area contributed by atoms with Gasteiger partial charge in [-0.3, -0.25) is 13.8 Å². The highest BCUT2D eigenvalue weighted by Gasteiger charge is 2.25. The number of carbonyl (C=O) groups excluding carboxylic acids is 1. The van der Waals surface area contributed by atoms with Gasteiger partial charge in [0.25, 0.3) is 0 Å². The fourth-order valence-electron chi connectivity index (χ4n) is 5.79. The highest BCUT2D eigenvalue weighted by atomic mass is 31.2. The number of ether oxygens (including phenoxy) is 2. The number of unbranched alkanes of at least 4 members (excludes halogenated alkanes) is 18. The second-order valence-corrected chi connectivity index (χ2v) is 15.6. The number of rotatable bonds is 41. The highest BCUT2D eigenvalue weighted by molar-refractivity contribution is 7.47. The molecule has 0 fully saturated rings. The first-order valence-corrected chi connectivity index (χ1v) is 23.3. The maximum absolute atomic E-state index is 12.6. The smallest absolute Gasteiger partial charge is 0.457 e. The number of carbonyl (C=O) groups is 1. The number of nitrogens with two attached hydrogens (primary N) is 1. The topological polar surface area (TPSA) is 117 Å². The van der Waals surface area contributed by atoms with Gasteiger partial charge in [0.2, 0.25) is 0 Å². The molecule has 0 aliphatic heterocycles. The molecule has 0 aromatic heterocycles. The standard InChI is InChI=1S/C45H82NO7P/c1-3-5-7-9-11-13-15-16-17-18-19-20-21-22-23-24-25-26-27-28-29-30-32-34-36-38-45(47)53-44(43-52-54(48,49)51-41-39-46)42-50-40-37-35-33-31-14-12-10-8-6-4-2/h5,7,11,13,16-17,19-20,22-23,44H,3-4,6,8-10,12,14-15,18,21,24-43,46H2,1-2H3,(H,48,49)/b7-5-,13-11-,17-16-,20-19-,23-22-. The molecule has 8 nitrogen and oxygen atoms in total. The van der Waals surface area contributed by atoms with Crippen molar-refractivity contribution < 1.29 is 32.8 Å². The monoisotopic (exact) mass is 780 g/mol. The van der Waals surface area contributed by atoms with Gasteiger partial charge in [-0.05, 0) is 57.8 Å². The van der Waals surface area contributed by atoms with Gasteiger partial charge >= 0.3 is 13.8 Å². The maximum Gasteiger partial charge on any atom is 0.472 e. The third-order valence-corrected chi connectivity index (χ3v) is 9.93. The zero-order chi connectivity index (χ0) is 39.5. The molecule has 54 heavy (non-hydrogen) atoms. The van der Waals surface area contributed by atoms with E-state index in [0.717, 1.165) is 70.6 Å². The number of phosphoric acid groups is 1. The van der Waals surface area contributed by atoms with Gasteiger partial charge < -0.3 is 20.1 Å². The van der Waals surface area contributed by atoms with Crippen molar-refractivity contribution in [1.29, 1.82) is 0 Å². The number of hydrogen-bond acceptors (Lipinski definition) is 7. The third-order valence-electron chi connectivity index (χ3n) is 8.95. The van der Waals surface area contributed by atoms with E-state index in [2.05, 4.69) is 74.6 Å². The fourth-order valence-corrected chi connectivity index (χ4v) is 6.55. The summed E-state index contributed by atoms with van der Waals surface area (Å²) in [6.45, 7) is 4.79. The van der Waals surface area contributed by atoms with Gasteiger partial charge in [0.1, 0.15) is 6.10 Å². The summed E-state index contributed by atoms with van der Waals surface area (Å²) in [5, 5.41) is 0. The Balaban J connectivity index is 3.96. The van der Waals surface area contributed by atoms with Gasteiger partial charge in [-0.2, -0.15) is 0 Å². The second kappa shape index (κ2) is 42.3. The van der Waals surface area contributed by atoms with E-state index in [4.69, 9.17) is 24.3 Å². The average Bonchev–Trinajstić information content (AvgIpc) is 3.16. The van der Waals surface area contributed by atoms with Gasteiger partial charge in [0.15, 0.2) is 0 Å². The zero-order valence-corrected chi connectivity index (χ0v) is 35.6. The highest BCUT2D eigenvalue weighted by Crippen LogP contribution is 2.43. The Labute approximate surface area is 332 Å². The summed E-state index contributed by atoms with van der Waals surface area (Å²) in [5.41, 5.74) is 5.36. The fraction of sp³-hybridized carbons (Fsp3) is 0.756. The van der Waals surface area contributed by atoms with E-state index in [1.807, 2.05) is 0 Å². The molecule has 2 unspecified atom stereocenters. The molecular formula is C45H82NO7P. The van der Waals surface area contributed by atoms with Crippen LogP contribution in [0.1, 0.15) is 181 Å².